The molecule has 0 amide bonds. The third-order valence-electron chi connectivity index (χ3n) is 2.97. The standard InChI is InChI=1S/C17H15F3N2O2/c18-17(19,20)24-16-4-1-3-14(11-16)22-9-2-10-23-15-7-5-13(12-21)6-8-15/h1,3-8,11,22H,2,9-10H2. The first-order valence-corrected chi connectivity index (χ1v) is 7.19. The Hall–Kier alpha value is -2.88. The molecule has 0 atom stereocenters. The number of nitriles is 1. The van der Waals surface area contributed by atoms with E-state index in [0.29, 0.717) is 36.6 Å². The van der Waals surface area contributed by atoms with Crippen LogP contribution in [0, 0.1) is 11.3 Å². The van der Waals surface area contributed by atoms with Crippen molar-refractivity contribution in [2.75, 3.05) is 18.5 Å². The van der Waals surface area contributed by atoms with E-state index in [2.05, 4.69) is 10.1 Å². The minimum Gasteiger partial charge on any atom is -0.494 e. The van der Waals surface area contributed by atoms with E-state index in [1.807, 2.05) is 6.07 Å². The quantitative estimate of drug-likeness (QED) is 0.764. The van der Waals surface area contributed by atoms with Crippen LogP contribution in [-0.2, 0) is 0 Å². The molecule has 0 aliphatic carbocycles. The van der Waals surface area contributed by atoms with Crippen LogP contribution in [0.4, 0.5) is 18.9 Å². The molecule has 0 aliphatic heterocycles. The van der Waals surface area contributed by atoms with Crippen LogP contribution in [0.15, 0.2) is 48.5 Å². The number of alkyl halides is 3. The highest BCUT2D eigenvalue weighted by molar-refractivity contribution is 5.48. The molecule has 0 spiro atoms. The lowest BCUT2D eigenvalue weighted by Crippen LogP contribution is -2.17. The molecule has 0 bridgehead atoms. The third kappa shape index (κ3) is 6.08. The van der Waals surface area contributed by atoms with Crippen LogP contribution in [0.2, 0.25) is 0 Å². The van der Waals surface area contributed by atoms with Gasteiger partial charge in [-0.3, -0.25) is 0 Å². The molecule has 126 valence electrons. The Morgan fingerprint density at radius 3 is 2.46 bits per heavy atom. The largest absolute Gasteiger partial charge is 0.573 e. The monoisotopic (exact) mass is 336 g/mol. The topological polar surface area (TPSA) is 54.3 Å². The van der Waals surface area contributed by atoms with Crippen LogP contribution >= 0.6 is 0 Å². The lowest BCUT2D eigenvalue weighted by atomic mass is 10.2. The number of benzene rings is 2. The normalized spacial score (nSPS) is 10.8. The van der Waals surface area contributed by atoms with Crippen LogP contribution in [0.3, 0.4) is 0 Å². The Morgan fingerprint density at radius 2 is 1.79 bits per heavy atom. The second-order valence-electron chi connectivity index (χ2n) is 4.84. The van der Waals surface area contributed by atoms with Gasteiger partial charge < -0.3 is 14.8 Å². The predicted molar refractivity (Wildman–Crippen MR) is 82.9 cm³/mol. The molecule has 4 nitrogen and oxygen atoms in total. The van der Waals surface area contributed by atoms with E-state index in [1.54, 1.807) is 30.3 Å². The molecular weight excluding hydrogens is 321 g/mol. The molecule has 0 saturated carbocycles. The molecule has 0 unspecified atom stereocenters. The average Bonchev–Trinajstić information content (AvgIpc) is 2.54. The highest BCUT2D eigenvalue weighted by Gasteiger charge is 2.31. The van der Waals surface area contributed by atoms with Crippen molar-refractivity contribution in [2.24, 2.45) is 0 Å². The van der Waals surface area contributed by atoms with Gasteiger partial charge in [-0.25, -0.2) is 0 Å². The van der Waals surface area contributed by atoms with Crippen molar-refractivity contribution in [3.8, 4) is 17.6 Å². The van der Waals surface area contributed by atoms with Gasteiger partial charge in [0.15, 0.2) is 0 Å². The summed E-state index contributed by atoms with van der Waals surface area (Å²) >= 11 is 0. The maximum absolute atomic E-state index is 12.2. The fourth-order valence-electron chi connectivity index (χ4n) is 1.92. The summed E-state index contributed by atoms with van der Waals surface area (Å²) in [5, 5.41) is 11.7. The van der Waals surface area contributed by atoms with Gasteiger partial charge in [0.25, 0.3) is 0 Å². The molecule has 0 fully saturated rings. The van der Waals surface area contributed by atoms with E-state index >= 15 is 0 Å². The number of anilines is 1. The van der Waals surface area contributed by atoms with Crippen molar-refractivity contribution in [1.82, 2.24) is 0 Å². The van der Waals surface area contributed by atoms with Crippen molar-refractivity contribution in [2.45, 2.75) is 12.8 Å². The smallest absolute Gasteiger partial charge is 0.494 e. The molecule has 2 aromatic rings. The third-order valence-corrected chi connectivity index (χ3v) is 2.97. The number of hydrogen-bond donors (Lipinski definition) is 1. The van der Waals surface area contributed by atoms with Crippen LogP contribution in [-0.4, -0.2) is 19.5 Å². The minimum absolute atomic E-state index is 0.263. The number of hydrogen-bond acceptors (Lipinski definition) is 4. The van der Waals surface area contributed by atoms with E-state index in [-0.39, 0.29) is 5.75 Å². The Kier molecular flexibility index (Phi) is 5.90. The molecule has 0 aromatic heterocycles. The van der Waals surface area contributed by atoms with Gasteiger partial charge in [-0.1, -0.05) is 6.07 Å². The zero-order valence-electron chi connectivity index (χ0n) is 12.6. The SMILES string of the molecule is N#Cc1ccc(OCCCNc2cccc(OC(F)(F)F)c2)cc1. The molecule has 1 N–H and O–H groups in total. The molecule has 24 heavy (non-hydrogen) atoms. The summed E-state index contributed by atoms with van der Waals surface area (Å²) in [5.41, 5.74) is 1.10. The minimum atomic E-state index is -4.70. The van der Waals surface area contributed by atoms with Crippen molar-refractivity contribution in [1.29, 1.82) is 5.26 Å². The molecule has 2 aromatic carbocycles. The Bertz CT molecular complexity index is 694. The van der Waals surface area contributed by atoms with Gasteiger partial charge in [0, 0.05) is 18.3 Å². The van der Waals surface area contributed by atoms with E-state index in [4.69, 9.17) is 10.00 Å². The fourth-order valence-corrected chi connectivity index (χ4v) is 1.92. The maximum Gasteiger partial charge on any atom is 0.573 e. The van der Waals surface area contributed by atoms with Gasteiger partial charge in [-0.05, 0) is 42.8 Å². The van der Waals surface area contributed by atoms with Gasteiger partial charge in [0.1, 0.15) is 11.5 Å². The molecule has 2 rings (SSSR count). The van der Waals surface area contributed by atoms with E-state index in [1.165, 1.54) is 18.2 Å². The van der Waals surface area contributed by atoms with Crippen LogP contribution in [0.25, 0.3) is 0 Å². The molecular formula is C17H15F3N2O2. The van der Waals surface area contributed by atoms with Crippen molar-refractivity contribution < 1.29 is 22.6 Å². The number of rotatable bonds is 7. The number of ether oxygens (including phenoxy) is 2. The first-order valence-electron chi connectivity index (χ1n) is 7.19. The second kappa shape index (κ2) is 8.11. The maximum atomic E-state index is 12.2. The van der Waals surface area contributed by atoms with Crippen LogP contribution in [0.5, 0.6) is 11.5 Å². The zero-order valence-corrected chi connectivity index (χ0v) is 12.6. The van der Waals surface area contributed by atoms with Gasteiger partial charge in [-0.15, -0.1) is 13.2 Å². The number of nitrogens with zero attached hydrogens (tertiary/aromatic N) is 1. The fraction of sp³-hybridized carbons (Fsp3) is 0.235. The van der Waals surface area contributed by atoms with Crippen molar-refractivity contribution in [3.05, 3.63) is 54.1 Å². The Morgan fingerprint density at radius 1 is 1.04 bits per heavy atom. The molecule has 0 aliphatic rings. The second-order valence-corrected chi connectivity index (χ2v) is 4.84. The van der Waals surface area contributed by atoms with E-state index in [0.717, 1.165) is 0 Å². The first-order chi connectivity index (χ1) is 11.5. The summed E-state index contributed by atoms with van der Waals surface area (Å²) in [6.45, 7) is 0.976. The number of nitrogens with one attached hydrogen (secondary N) is 1. The molecule has 7 heteroatoms. The first kappa shape index (κ1) is 17.5. The van der Waals surface area contributed by atoms with E-state index < -0.39 is 6.36 Å². The summed E-state index contributed by atoms with van der Waals surface area (Å²) in [4.78, 5) is 0. The highest BCUT2D eigenvalue weighted by atomic mass is 19.4. The molecule has 0 heterocycles. The van der Waals surface area contributed by atoms with E-state index in [9.17, 15) is 13.2 Å². The summed E-state index contributed by atoms with van der Waals surface area (Å²) < 4.78 is 45.8. The van der Waals surface area contributed by atoms with Crippen molar-refractivity contribution in [3.63, 3.8) is 0 Å². The Balaban J connectivity index is 1.72. The summed E-state index contributed by atoms with van der Waals surface area (Å²) in [7, 11) is 0. The number of halogens is 3. The van der Waals surface area contributed by atoms with Crippen LogP contribution in [0.1, 0.15) is 12.0 Å². The predicted octanol–water partition coefficient (Wildman–Crippen LogP) is 4.34. The van der Waals surface area contributed by atoms with Crippen molar-refractivity contribution >= 4 is 5.69 Å². The molecule has 0 saturated heterocycles. The van der Waals surface area contributed by atoms with Gasteiger partial charge in [-0.2, -0.15) is 5.26 Å². The van der Waals surface area contributed by atoms with Crippen LogP contribution < -0.4 is 14.8 Å². The summed E-state index contributed by atoms with van der Waals surface area (Å²) in [5.74, 6) is 0.399. The lowest BCUT2D eigenvalue weighted by molar-refractivity contribution is -0.274. The van der Waals surface area contributed by atoms with Gasteiger partial charge >= 0.3 is 6.36 Å². The zero-order chi connectivity index (χ0) is 17.4. The average molecular weight is 336 g/mol. The summed E-state index contributed by atoms with van der Waals surface area (Å²) in [6.07, 6.45) is -4.04. The lowest BCUT2D eigenvalue weighted by Gasteiger charge is -2.11. The van der Waals surface area contributed by atoms with Gasteiger partial charge in [0.2, 0.25) is 0 Å². The molecule has 0 radical (unpaired) electrons. The Labute approximate surface area is 137 Å². The highest BCUT2D eigenvalue weighted by Crippen LogP contribution is 2.25. The summed E-state index contributed by atoms with van der Waals surface area (Å²) in [6, 6.07) is 14.4. The van der Waals surface area contributed by atoms with Gasteiger partial charge in [0.05, 0.1) is 18.2 Å².